The first kappa shape index (κ1) is 9.23. The van der Waals surface area contributed by atoms with Crippen molar-refractivity contribution in [3.05, 3.63) is 36.6 Å². The monoisotopic (exact) mass is 175 g/mol. The molecule has 0 aliphatic heterocycles. The quantitative estimate of drug-likeness (QED) is 0.402. The van der Waals surface area contributed by atoms with Gasteiger partial charge in [0.2, 0.25) is 6.08 Å². The van der Waals surface area contributed by atoms with Gasteiger partial charge in [-0.05, 0) is 19.1 Å². The highest BCUT2D eigenvalue weighted by Crippen LogP contribution is 2.19. The fraction of sp³-hybridized carbons (Fsp3) is 0.100. The van der Waals surface area contributed by atoms with Crippen LogP contribution in [0.25, 0.3) is 0 Å². The maximum absolute atomic E-state index is 9.95. The molecule has 0 N–H and O–H groups in total. The van der Waals surface area contributed by atoms with E-state index in [1.54, 1.807) is 36.6 Å². The van der Waals surface area contributed by atoms with E-state index in [-0.39, 0.29) is 0 Å². The van der Waals surface area contributed by atoms with Gasteiger partial charge in [0.25, 0.3) is 0 Å². The lowest BCUT2D eigenvalue weighted by atomic mass is 10.3. The number of nitrogens with zero attached hydrogens (tertiary/aromatic N) is 1. The normalized spacial score (nSPS) is 9.62. The molecule has 3 nitrogen and oxygen atoms in total. The fourth-order valence-corrected chi connectivity index (χ4v) is 0.826. The molecule has 0 spiro atoms. The molecular formula is C10H9NO2. The van der Waals surface area contributed by atoms with Gasteiger partial charge in [0, 0.05) is 6.07 Å². The minimum Gasteiger partial charge on any atom is -0.465 e. The molecule has 0 aliphatic rings. The molecule has 13 heavy (non-hydrogen) atoms. The van der Waals surface area contributed by atoms with Crippen molar-refractivity contribution in [3.8, 4) is 5.75 Å². The van der Waals surface area contributed by atoms with Gasteiger partial charge in [0.05, 0.1) is 11.9 Å². The van der Waals surface area contributed by atoms with Crippen LogP contribution in [0, 0.1) is 0 Å². The van der Waals surface area contributed by atoms with Crippen LogP contribution in [0.4, 0.5) is 5.69 Å². The van der Waals surface area contributed by atoms with Crippen LogP contribution in [0.1, 0.15) is 6.92 Å². The van der Waals surface area contributed by atoms with Crippen LogP contribution in [0.5, 0.6) is 5.75 Å². The summed E-state index contributed by atoms with van der Waals surface area (Å²) < 4.78 is 5.17. The predicted octanol–water partition coefficient (Wildman–Crippen LogP) is 2.57. The molecule has 1 aromatic rings. The Morgan fingerprint density at radius 1 is 1.54 bits per heavy atom. The van der Waals surface area contributed by atoms with Crippen molar-refractivity contribution in [1.82, 2.24) is 0 Å². The number of rotatable bonds is 3. The number of hydrogen-bond acceptors (Lipinski definition) is 3. The van der Waals surface area contributed by atoms with Crippen molar-refractivity contribution in [1.29, 1.82) is 0 Å². The minimum absolute atomic E-state index is 0.539. The number of benzene rings is 1. The van der Waals surface area contributed by atoms with Crippen LogP contribution in [0.3, 0.4) is 0 Å². The highest BCUT2D eigenvalue weighted by atomic mass is 16.5. The Kier molecular flexibility index (Phi) is 3.48. The highest BCUT2D eigenvalue weighted by molar-refractivity contribution is 5.51. The highest BCUT2D eigenvalue weighted by Gasteiger charge is 1.92. The molecule has 1 aromatic carbocycles. The van der Waals surface area contributed by atoms with E-state index in [1.807, 2.05) is 6.92 Å². The molecule has 0 fully saturated rings. The van der Waals surface area contributed by atoms with E-state index in [0.717, 1.165) is 0 Å². The molecule has 0 saturated carbocycles. The summed E-state index contributed by atoms with van der Waals surface area (Å²) in [7, 11) is 0. The molecule has 0 atom stereocenters. The third-order valence-electron chi connectivity index (χ3n) is 1.33. The summed E-state index contributed by atoms with van der Waals surface area (Å²) in [5.41, 5.74) is 0.539. The summed E-state index contributed by atoms with van der Waals surface area (Å²) in [6.45, 7) is 1.85. The van der Waals surface area contributed by atoms with Gasteiger partial charge >= 0.3 is 0 Å². The van der Waals surface area contributed by atoms with E-state index in [2.05, 4.69) is 4.99 Å². The Hall–Kier alpha value is -1.86. The van der Waals surface area contributed by atoms with Gasteiger partial charge in [-0.3, -0.25) is 0 Å². The zero-order valence-electron chi connectivity index (χ0n) is 7.23. The molecule has 0 aromatic heterocycles. The Labute approximate surface area is 76.4 Å². The third kappa shape index (κ3) is 2.93. The summed E-state index contributed by atoms with van der Waals surface area (Å²) in [5.74, 6) is 0.648. The maximum atomic E-state index is 9.95. The smallest absolute Gasteiger partial charge is 0.240 e. The summed E-state index contributed by atoms with van der Waals surface area (Å²) >= 11 is 0. The zero-order chi connectivity index (χ0) is 9.52. The maximum Gasteiger partial charge on any atom is 0.240 e. The predicted molar refractivity (Wildman–Crippen MR) is 49.7 cm³/mol. The van der Waals surface area contributed by atoms with Crippen molar-refractivity contribution < 1.29 is 9.53 Å². The molecule has 0 unspecified atom stereocenters. The van der Waals surface area contributed by atoms with E-state index < -0.39 is 0 Å². The van der Waals surface area contributed by atoms with Crippen LogP contribution in [-0.2, 0) is 4.79 Å². The summed E-state index contributed by atoms with van der Waals surface area (Å²) in [6.07, 6.45) is 4.80. The number of allylic oxidation sites excluding steroid dienone is 1. The second kappa shape index (κ2) is 4.91. The second-order valence-corrected chi connectivity index (χ2v) is 2.29. The largest absolute Gasteiger partial charge is 0.465 e. The molecule has 0 saturated heterocycles. The Bertz CT molecular complexity index is 352. The number of hydrogen-bond donors (Lipinski definition) is 0. The molecule has 3 heteroatoms. The van der Waals surface area contributed by atoms with Gasteiger partial charge in [-0.15, -0.1) is 0 Å². The van der Waals surface area contributed by atoms with Crippen molar-refractivity contribution in [2.24, 2.45) is 4.99 Å². The molecular weight excluding hydrogens is 166 g/mol. The molecule has 0 bridgehead atoms. The van der Waals surface area contributed by atoms with Gasteiger partial charge in [-0.1, -0.05) is 12.1 Å². The van der Waals surface area contributed by atoms with E-state index >= 15 is 0 Å². The average molecular weight is 175 g/mol. The summed E-state index contributed by atoms with van der Waals surface area (Å²) in [5, 5.41) is 0. The SMILES string of the molecule is CC=COc1cccc(N=C=O)c1. The van der Waals surface area contributed by atoms with Crippen molar-refractivity contribution in [2.75, 3.05) is 0 Å². The summed E-state index contributed by atoms with van der Waals surface area (Å²) in [6, 6.07) is 6.90. The number of ether oxygens (including phenoxy) is 1. The Morgan fingerprint density at radius 2 is 2.38 bits per heavy atom. The van der Waals surface area contributed by atoms with Crippen molar-refractivity contribution >= 4 is 11.8 Å². The molecule has 0 radical (unpaired) electrons. The second-order valence-electron chi connectivity index (χ2n) is 2.29. The minimum atomic E-state index is 0.539. The molecule has 0 amide bonds. The van der Waals surface area contributed by atoms with Gasteiger partial charge in [-0.25, -0.2) is 4.79 Å². The molecule has 0 heterocycles. The topological polar surface area (TPSA) is 38.7 Å². The van der Waals surface area contributed by atoms with Gasteiger partial charge in [0.1, 0.15) is 5.75 Å². The standard InChI is InChI=1S/C10H9NO2/c1-2-6-13-10-5-3-4-9(7-10)11-8-12/h2-7H,1H3. The van der Waals surface area contributed by atoms with E-state index in [4.69, 9.17) is 4.74 Å². The lowest BCUT2D eigenvalue weighted by molar-refractivity contribution is 0.480. The molecule has 0 aliphatic carbocycles. The summed E-state index contributed by atoms with van der Waals surface area (Å²) in [4.78, 5) is 13.4. The average Bonchev–Trinajstić information content (AvgIpc) is 2.16. The fourth-order valence-electron chi connectivity index (χ4n) is 0.826. The first-order chi connectivity index (χ1) is 6.36. The Balaban J connectivity index is 2.84. The van der Waals surface area contributed by atoms with Crippen LogP contribution in [0.15, 0.2) is 41.6 Å². The van der Waals surface area contributed by atoms with Gasteiger partial charge < -0.3 is 4.74 Å². The van der Waals surface area contributed by atoms with Crippen LogP contribution in [0.2, 0.25) is 0 Å². The zero-order valence-corrected chi connectivity index (χ0v) is 7.23. The Morgan fingerprint density at radius 3 is 3.08 bits per heavy atom. The van der Waals surface area contributed by atoms with E-state index in [0.29, 0.717) is 11.4 Å². The van der Waals surface area contributed by atoms with Gasteiger partial charge in [0.15, 0.2) is 0 Å². The van der Waals surface area contributed by atoms with Crippen molar-refractivity contribution in [3.63, 3.8) is 0 Å². The first-order valence-corrected chi connectivity index (χ1v) is 3.82. The van der Waals surface area contributed by atoms with E-state index in [9.17, 15) is 4.79 Å². The lowest BCUT2D eigenvalue weighted by Crippen LogP contribution is -1.79. The molecule has 66 valence electrons. The van der Waals surface area contributed by atoms with Crippen LogP contribution >= 0.6 is 0 Å². The van der Waals surface area contributed by atoms with E-state index in [1.165, 1.54) is 6.08 Å². The van der Waals surface area contributed by atoms with Crippen LogP contribution < -0.4 is 4.74 Å². The number of carbonyl (C=O) groups excluding carboxylic acids is 1. The van der Waals surface area contributed by atoms with Crippen molar-refractivity contribution in [2.45, 2.75) is 6.92 Å². The van der Waals surface area contributed by atoms with Crippen LogP contribution in [-0.4, -0.2) is 6.08 Å². The van der Waals surface area contributed by atoms with Gasteiger partial charge in [-0.2, -0.15) is 4.99 Å². The molecule has 1 rings (SSSR count). The first-order valence-electron chi connectivity index (χ1n) is 3.82. The number of aliphatic imine (C=N–C) groups is 1. The number of isocyanates is 1. The third-order valence-corrected chi connectivity index (χ3v) is 1.33. The lowest BCUT2D eigenvalue weighted by Gasteiger charge is -1.98.